The number of rotatable bonds is 3. The summed E-state index contributed by atoms with van der Waals surface area (Å²) in [4.78, 5) is 41.0. The van der Waals surface area contributed by atoms with Gasteiger partial charge in [0, 0.05) is 11.5 Å². The topological polar surface area (TPSA) is 92.9 Å². The monoisotopic (exact) mass is 423 g/mol. The minimum Gasteiger partial charge on any atom is -0.444 e. The van der Waals surface area contributed by atoms with Gasteiger partial charge < -0.3 is 15.4 Å². The van der Waals surface area contributed by atoms with Crippen molar-refractivity contribution in [2.75, 3.05) is 17.4 Å². The highest BCUT2D eigenvalue weighted by Gasteiger charge is 2.47. The van der Waals surface area contributed by atoms with Crippen molar-refractivity contribution in [3.05, 3.63) is 35.9 Å². The molecule has 2 saturated heterocycles. The Morgan fingerprint density at radius 3 is 2.39 bits per heavy atom. The molecule has 2 fully saturated rings. The number of amides is 3. The molecule has 7 nitrogen and oxygen atoms in total. The molecule has 152 valence electrons. The highest BCUT2D eigenvalue weighted by Crippen LogP contribution is 2.43. The molecule has 9 heteroatoms. The summed E-state index contributed by atoms with van der Waals surface area (Å²) >= 11 is 3.00. The number of carbonyl (C=O) groups excluding carboxylic acids is 3. The van der Waals surface area contributed by atoms with Crippen molar-refractivity contribution in [1.29, 1.82) is 0 Å². The minimum atomic E-state index is -0.703. The molecule has 3 rings (SSSR count). The van der Waals surface area contributed by atoms with Crippen molar-refractivity contribution in [3.63, 3.8) is 0 Å². The third-order valence-corrected chi connectivity index (χ3v) is 6.80. The Morgan fingerprint density at radius 1 is 1.11 bits per heavy atom. The van der Waals surface area contributed by atoms with E-state index in [1.54, 1.807) is 20.8 Å². The second-order valence-corrected chi connectivity index (χ2v) is 9.84. The Hall–Kier alpha value is -1.87. The molecule has 0 aromatic heterocycles. The Morgan fingerprint density at radius 2 is 1.79 bits per heavy atom. The minimum absolute atomic E-state index is 0.259. The highest BCUT2D eigenvalue weighted by atomic mass is 32.2. The Labute approximate surface area is 173 Å². The van der Waals surface area contributed by atoms with E-state index in [0.29, 0.717) is 17.4 Å². The van der Waals surface area contributed by atoms with Gasteiger partial charge in [0.25, 0.3) is 0 Å². The van der Waals surface area contributed by atoms with Crippen molar-refractivity contribution in [2.45, 2.75) is 43.8 Å². The Balaban J connectivity index is 1.89. The molecule has 1 unspecified atom stereocenters. The van der Waals surface area contributed by atoms with Gasteiger partial charge in [0.05, 0.1) is 5.88 Å². The van der Waals surface area contributed by atoms with E-state index >= 15 is 0 Å². The third-order valence-electron chi connectivity index (χ3n) is 4.47. The van der Waals surface area contributed by atoms with Gasteiger partial charge in [0.1, 0.15) is 23.1 Å². The van der Waals surface area contributed by atoms with Crippen LogP contribution in [0.2, 0.25) is 0 Å². The fourth-order valence-corrected chi connectivity index (χ4v) is 5.78. The first-order chi connectivity index (χ1) is 13.2. The summed E-state index contributed by atoms with van der Waals surface area (Å²) in [7, 11) is 0. The maximum Gasteiger partial charge on any atom is 0.412 e. The van der Waals surface area contributed by atoms with E-state index in [9.17, 15) is 14.4 Å². The summed E-state index contributed by atoms with van der Waals surface area (Å²) in [6.07, 6.45) is -0.535. The molecule has 2 heterocycles. The van der Waals surface area contributed by atoms with Crippen LogP contribution >= 0.6 is 23.5 Å². The van der Waals surface area contributed by atoms with E-state index in [-0.39, 0.29) is 11.3 Å². The van der Waals surface area contributed by atoms with Crippen LogP contribution < -0.4 is 5.73 Å². The van der Waals surface area contributed by atoms with Gasteiger partial charge in [0.15, 0.2) is 0 Å². The lowest BCUT2D eigenvalue weighted by molar-refractivity contribution is -0.140. The lowest BCUT2D eigenvalue weighted by Crippen LogP contribution is -2.54. The molecular formula is C19H25N3O4S2. The predicted octanol–water partition coefficient (Wildman–Crippen LogP) is 2.42. The van der Waals surface area contributed by atoms with Crippen LogP contribution in [0.25, 0.3) is 0 Å². The number of ether oxygens (including phenoxy) is 1. The first-order valence-electron chi connectivity index (χ1n) is 9.04. The Kier molecular flexibility index (Phi) is 6.14. The van der Waals surface area contributed by atoms with Gasteiger partial charge in [-0.1, -0.05) is 30.3 Å². The average molecular weight is 424 g/mol. The van der Waals surface area contributed by atoms with Crippen molar-refractivity contribution in [1.82, 2.24) is 9.80 Å². The van der Waals surface area contributed by atoms with Crippen molar-refractivity contribution in [3.8, 4) is 0 Å². The van der Waals surface area contributed by atoms with E-state index in [2.05, 4.69) is 0 Å². The van der Waals surface area contributed by atoms with Gasteiger partial charge in [-0.15, -0.1) is 23.5 Å². The van der Waals surface area contributed by atoms with Crippen LogP contribution in [0.4, 0.5) is 4.79 Å². The molecule has 2 N–H and O–H groups in total. The molecule has 0 saturated carbocycles. The zero-order chi connectivity index (χ0) is 20.5. The molecule has 1 aromatic rings. The van der Waals surface area contributed by atoms with Gasteiger partial charge in [-0.3, -0.25) is 14.5 Å². The smallest absolute Gasteiger partial charge is 0.412 e. The summed E-state index contributed by atoms with van der Waals surface area (Å²) in [6, 6.07) is 8.23. The largest absolute Gasteiger partial charge is 0.444 e. The van der Waals surface area contributed by atoms with E-state index in [1.165, 1.54) is 33.3 Å². The molecule has 2 aliphatic rings. The number of nitrogens with two attached hydrogens (primary N) is 1. The van der Waals surface area contributed by atoms with Crippen molar-refractivity contribution >= 4 is 41.4 Å². The number of hydrogen-bond acceptors (Lipinski definition) is 6. The van der Waals surface area contributed by atoms with Gasteiger partial charge in [0.2, 0.25) is 11.8 Å². The summed E-state index contributed by atoms with van der Waals surface area (Å²) in [5.74, 6) is 0.531. The SMILES string of the molecule is CC(C)(C)OC(=O)N1C(c2ccccc2)SC[C@H]1C(=O)N1CSC[C@H]1C(N)=O. The summed E-state index contributed by atoms with van der Waals surface area (Å²) in [5.41, 5.74) is 5.71. The molecule has 0 radical (unpaired) electrons. The quantitative estimate of drug-likeness (QED) is 0.803. The fraction of sp³-hybridized carbons (Fsp3) is 0.526. The van der Waals surface area contributed by atoms with Crippen LogP contribution in [0.1, 0.15) is 31.7 Å². The van der Waals surface area contributed by atoms with Crippen LogP contribution in [0, 0.1) is 0 Å². The number of benzene rings is 1. The highest BCUT2D eigenvalue weighted by molar-refractivity contribution is 8.00. The second kappa shape index (κ2) is 8.24. The van der Waals surface area contributed by atoms with E-state index in [0.717, 1.165) is 5.56 Å². The summed E-state index contributed by atoms with van der Waals surface area (Å²) < 4.78 is 5.60. The zero-order valence-electron chi connectivity index (χ0n) is 16.2. The standard InChI is InChI=1S/C19H25N3O4S2/c1-19(2,3)26-18(25)22-14(10-28-17(22)12-7-5-4-6-8-12)16(24)21-11-27-9-13(21)15(20)23/h4-8,13-14,17H,9-11H2,1-3H3,(H2,20,23)/t13-,14-,17?/m0/s1. The lowest BCUT2D eigenvalue weighted by atomic mass is 10.1. The van der Waals surface area contributed by atoms with Gasteiger partial charge in [-0.25, -0.2) is 4.79 Å². The number of primary amides is 1. The zero-order valence-corrected chi connectivity index (χ0v) is 17.8. The van der Waals surface area contributed by atoms with Crippen LogP contribution in [0.15, 0.2) is 30.3 Å². The van der Waals surface area contributed by atoms with Gasteiger partial charge in [-0.05, 0) is 26.3 Å². The van der Waals surface area contributed by atoms with Gasteiger partial charge >= 0.3 is 6.09 Å². The van der Waals surface area contributed by atoms with Gasteiger partial charge in [-0.2, -0.15) is 0 Å². The number of hydrogen-bond donors (Lipinski definition) is 1. The van der Waals surface area contributed by atoms with Crippen molar-refractivity contribution in [2.24, 2.45) is 5.73 Å². The van der Waals surface area contributed by atoms with E-state index in [1.807, 2.05) is 30.3 Å². The number of thioether (sulfide) groups is 2. The van der Waals surface area contributed by atoms with E-state index < -0.39 is 29.7 Å². The molecule has 0 bridgehead atoms. The normalized spacial score (nSPS) is 25.0. The van der Waals surface area contributed by atoms with Crippen LogP contribution in [-0.2, 0) is 14.3 Å². The molecule has 0 aliphatic carbocycles. The maximum absolute atomic E-state index is 13.3. The summed E-state index contributed by atoms with van der Waals surface area (Å²) in [5, 5.41) is -0.327. The molecule has 3 atom stereocenters. The molecular weight excluding hydrogens is 398 g/mol. The first-order valence-corrected chi connectivity index (χ1v) is 11.2. The molecule has 2 aliphatic heterocycles. The molecule has 1 aromatic carbocycles. The summed E-state index contributed by atoms with van der Waals surface area (Å²) in [6.45, 7) is 5.38. The average Bonchev–Trinajstić information content (AvgIpc) is 3.27. The van der Waals surface area contributed by atoms with Crippen LogP contribution in [0.5, 0.6) is 0 Å². The molecule has 0 spiro atoms. The first kappa shape index (κ1) is 20.9. The maximum atomic E-state index is 13.3. The lowest BCUT2D eigenvalue weighted by Gasteiger charge is -2.33. The molecule has 28 heavy (non-hydrogen) atoms. The van der Waals surface area contributed by atoms with Crippen LogP contribution in [-0.4, -0.2) is 62.8 Å². The Bertz CT molecular complexity index is 753. The second-order valence-electron chi connectivity index (χ2n) is 7.73. The number of carbonyl (C=O) groups is 3. The predicted molar refractivity (Wildman–Crippen MR) is 111 cm³/mol. The van der Waals surface area contributed by atoms with E-state index in [4.69, 9.17) is 10.5 Å². The third kappa shape index (κ3) is 4.41. The number of nitrogens with zero attached hydrogens (tertiary/aromatic N) is 2. The van der Waals surface area contributed by atoms with Crippen molar-refractivity contribution < 1.29 is 19.1 Å². The van der Waals surface area contributed by atoms with Crippen LogP contribution in [0.3, 0.4) is 0 Å². The molecule has 3 amide bonds. The fourth-order valence-electron chi connectivity index (χ4n) is 3.20.